The molecule has 1 rings (SSSR count). The third-order valence-corrected chi connectivity index (χ3v) is 1.73. The average Bonchev–Trinajstić information content (AvgIpc) is 2.11. The van der Waals surface area contributed by atoms with Crippen LogP contribution in [0.15, 0.2) is 59.9 Å². The lowest BCUT2D eigenvalue weighted by molar-refractivity contribution is 1.40. The maximum absolute atomic E-state index is 5.64. The van der Waals surface area contributed by atoms with Gasteiger partial charge < -0.3 is 5.73 Å². The van der Waals surface area contributed by atoms with E-state index in [4.69, 9.17) is 5.73 Å². The van der Waals surface area contributed by atoms with Crippen LogP contribution in [0.3, 0.4) is 0 Å². The first-order chi connectivity index (χ1) is 5.70. The van der Waals surface area contributed by atoms with Gasteiger partial charge in [-0.3, -0.25) is 0 Å². The van der Waals surface area contributed by atoms with Crippen molar-refractivity contribution in [3.8, 4) is 0 Å². The largest absolute Gasteiger partial charge is 0.399 e. The van der Waals surface area contributed by atoms with E-state index >= 15 is 0 Å². The summed E-state index contributed by atoms with van der Waals surface area (Å²) >= 11 is 0. The first-order valence-corrected chi connectivity index (χ1v) is 3.88. The SMILES string of the molecule is C=C1C=C\C(N)=C/C=C\C=C/1C. The Balaban J connectivity index is 2.99. The monoisotopic (exact) mass is 159 g/mol. The van der Waals surface area contributed by atoms with Crippen LogP contribution in [0.4, 0.5) is 0 Å². The van der Waals surface area contributed by atoms with E-state index in [2.05, 4.69) is 6.58 Å². The molecule has 0 bridgehead atoms. The van der Waals surface area contributed by atoms with Crippen molar-refractivity contribution in [3.63, 3.8) is 0 Å². The summed E-state index contributed by atoms with van der Waals surface area (Å²) < 4.78 is 0. The number of nitrogens with two attached hydrogens (primary N) is 1. The van der Waals surface area contributed by atoms with Crippen molar-refractivity contribution in [1.29, 1.82) is 0 Å². The van der Waals surface area contributed by atoms with Gasteiger partial charge in [-0.1, -0.05) is 30.9 Å². The van der Waals surface area contributed by atoms with E-state index < -0.39 is 0 Å². The summed E-state index contributed by atoms with van der Waals surface area (Å²) in [5, 5.41) is 0. The molecule has 0 atom stereocenters. The summed E-state index contributed by atoms with van der Waals surface area (Å²) in [6.45, 7) is 5.93. The Hall–Kier alpha value is -1.50. The molecule has 0 aromatic rings. The average molecular weight is 159 g/mol. The van der Waals surface area contributed by atoms with E-state index in [-0.39, 0.29) is 0 Å². The van der Waals surface area contributed by atoms with Crippen molar-refractivity contribution in [2.24, 2.45) is 5.73 Å². The van der Waals surface area contributed by atoms with Gasteiger partial charge in [-0.25, -0.2) is 0 Å². The lowest BCUT2D eigenvalue weighted by Gasteiger charge is -1.96. The van der Waals surface area contributed by atoms with Crippen LogP contribution in [0.25, 0.3) is 0 Å². The molecule has 1 heteroatoms. The Morgan fingerprint density at radius 2 is 1.83 bits per heavy atom. The molecule has 0 aromatic carbocycles. The second-order valence-electron chi connectivity index (χ2n) is 2.76. The standard InChI is InChI=1S/C11H13N/c1-9-5-3-4-6-11(12)8-7-10(9)2/h3-8H,2,12H2,1H3/b4-3-,8-7?,9-5-,11-6+. The van der Waals surface area contributed by atoms with Gasteiger partial charge in [0.25, 0.3) is 0 Å². The topological polar surface area (TPSA) is 26.0 Å². The van der Waals surface area contributed by atoms with Gasteiger partial charge in [0.1, 0.15) is 0 Å². The fourth-order valence-electron chi connectivity index (χ4n) is 0.857. The first-order valence-electron chi connectivity index (χ1n) is 3.88. The van der Waals surface area contributed by atoms with Crippen molar-refractivity contribution in [1.82, 2.24) is 0 Å². The van der Waals surface area contributed by atoms with Crippen molar-refractivity contribution < 1.29 is 0 Å². The maximum Gasteiger partial charge on any atom is 0.0314 e. The molecule has 0 fully saturated rings. The molecule has 2 N–H and O–H groups in total. The second-order valence-corrected chi connectivity index (χ2v) is 2.76. The summed E-state index contributed by atoms with van der Waals surface area (Å²) in [5.74, 6) is 0. The molecular formula is C11H13N. The summed E-state index contributed by atoms with van der Waals surface area (Å²) in [6, 6.07) is 0. The Labute approximate surface area is 73.3 Å². The van der Waals surface area contributed by atoms with Gasteiger partial charge in [0.15, 0.2) is 0 Å². The van der Waals surface area contributed by atoms with Crippen LogP contribution in [0.2, 0.25) is 0 Å². The molecule has 1 nitrogen and oxygen atoms in total. The number of rotatable bonds is 0. The lowest BCUT2D eigenvalue weighted by atomic mass is 10.1. The highest BCUT2D eigenvalue weighted by atomic mass is 14.5. The van der Waals surface area contributed by atoms with E-state index in [1.165, 1.54) is 0 Å². The zero-order valence-corrected chi connectivity index (χ0v) is 7.25. The zero-order chi connectivity index (χ0) is 8.97. The minimum absolute atomic E-state index is 0.746. The van der Waals surface area contributed by atoms with Gasteiger partial charge in [0.2, 0.25) is 0 Å². The lowest BCUT2D eigenvalue weighted by Crippen LogP contribution is -1.91. The van der Waals surface area contributed by atoms with Crippen molar-refractivity contribution >= 4 is 0 Å². The second kappa shape index (κ2) is 3.77. The third kappa shape index (κ3) is 2.27. The van der Waals surface area contributed by atoms with Gasteiger partial charge in [0, 0.05) is 5.70 Å². The molecule has 0 saturated carbocycles. The van der Waals surface area contributed by atoms with Gasteiger partial charge in [-0.15, -0.1) is 0 Å². The van der Waals surface area contributed by atoms with Crippen LogP contribution in [0, 0.1) is 0 Å². The molecule has 1 aliphatic rings. The summed E-state index contributed by atoms with van der Waals surface area (Å²) in [6.07, 6.45) is 11.5. The Kier molecular flexibility index (Phi) is 2.70. The summed E-state index contributed by atoms with van der Waals surface area (Å²) in [7, 11) is 0. The van der Waals surface area contributed by atoms with Crippen LogP contribution >= 0.6 is 0 Å². The quantitative estimate of drug-likeness (QED) is 0.577. The summed E-state index contributed by atoms with van der Waals surface area (Å²) in [4.78, 5) is 0. The molecule has 0 amide bonds. The number of allylic oxidation sites excluding steroid dienone is 8. The van der Waals surface area contributed by atoms with Gasteiger partial charge >= 0.3 is 0 Å². The Morgan fingerprint density at radius 1 is 1.17 bits per heavy atom. The van der Waals surface area contributed by atoms with E-state index in [0.29, 0.717) is 0 Å². The molecule has 62 valence electrons. The normalized spacial score (nSPS) is 28.9. The van der Waals surface area contributed by atoms with E-state index in [9.17, 15) is 0 Å². The van der Waals surface area contributed by atoms with E-state index in [1.54, 1.807) is 0 Å². The van der Waals surface area contributed by atoms with Crippen LogP contribution < -0.4 is 5.73 Å². The molecule has 0 aliphatic heterocycles. The highest BCUT2D eigenvalue weighted by Gasteiger charge is 1.91. The fourth-order valence-corrected chi connectivity index (χ4v) is 0.857. The van der Waals surface area contributed by atoms with Crippen molar-refractivity contribution in [2.75, 3.05) is 0 Å². The van der Waals surface area contributed by atoms with Crippen molar-refractivity contribution in [2.45, 2.75) is 6.92 Å². The van der Waals surface area contributed by atoms with Crippen LogP contribution in [-0.2, 0) is 0 Å². The highest BCUT2D eigenvalue weighted by Crippen LogP contribution is 2.10. The summed E-state index contributed by atoms with van der Waals surface area (Å²) in [5.41, 5.74) is 8.54. The zero-order valence-electron chi connectivity index (χ0n) is 7.25. The third-order valence-electron chi connectivity index (χ3n) is 1.73. The molecular weight excluding hydrogens is 146 g/mol. The molecule has 0 unspecified atom stereocenters. The minimum Gasteiger partial charge on any atom is -0.399 e. The van der Waals surface area contributed by atoms with E-state index in [1.807, 2.05) is 43.4 Å². The van der Waals surface area contributed by atoms with E-state index in [0.717, 1.165) is 16.8 Å². The number of hydrogen-bond acceptors (Lipinski definition) is 1. The molecule has 0 heterocycles. The molecule has 0 radical (unpaired) electrons. The first kappa shape index (κ1) is 8.60. The number of hydrogen-bond donors (Lipinski definition) is 1. The predicted molar refractivity (Wildman–Crippen MR) is 53.4 cm³/mol. The maximum atomic E-state index is 5.64. The minimum atomic E-state index is 0.746. The van der Waals surface area contributed by atoms with Gasteiger partial charge in [-0.05, 0) is 30.2 Å². The fraction of sp³-hybridized carbons (Fsp3) is 0.0909. The van der Waals surface area contributed by atoms with Gasteiger partial charge in [0.05, 0.1) is 0 Å². The van der Waals surface area contributed by atoms with Crippen LogP contribution in [0.5, 0.6) is 0 Å². The Morgan fingerprint density at radius 3 is 2.58 bits per heavy atom. The van der Waals surface area contributed by atoms with Crippen LogP contribution in [-0.4, -0.2) is 0 Å². The molecule has 12 heavy (non-hydrogen) atoms. The highest BCUT2D eigenvalue weighted by molar-refractivity contribution is 5.42. The van der Waals surface area contributed by atoms with Gasteiger partial charge in [-0.2, -0.15) is 0 Å². The van der Waals surface area contributed by atoms with Crippen molar-refractivity contribution in [3.05, 3.63) is 59.9 Å². The molecule has 0 saturated heterocycles. The Bertz CT molecular complexity index is 301. The smallest absolute Gasteiger partial charge is 0.0314 e. The predicted octanol–water partition coefficient (Wildman–Crippen LogP) is 2.46. The molecule has 0 aromatic heterocycles. The molecule has 0 spiro atoms. The molecule has 1 aliphatic carbocycles. The van der Waals surface area contributed by atoms with Crippen LogP contribution in [0.1, 0.15) is 6.92 Å².